The number of aryl methyl sites for hydroxylation is 2. The van der Waals surface area contributed by atoms with Gasteiger partial charge in [-0.15, -0.1) is 0 Å². The normalized spacial score (nSPS) is 11.3. The summed E-state index contributed by atoms with van der Waals surface area (Å²) in [6.07, 6.45) is 0.201. The number of hydrogen-bond acceptors (Lipinski definition) is 2. The molecule has 1 heterocycles. The Bertz CT molecular complexity index is 486. The van der Waals surface area contributed by atoms with Crippen LogP contribution in [0.1, 0.15) is 19.7 Å². The number of fused-ring (bicyclic) bond motifs is 1. The van der Waals surface area contributed by atoms with Crippen LogP contribution in [0.4, 0.5) is 0 Å². The topological polar surface area (TPSA) is 27.1 Å². The van der Waals surface area contributed by atoms with Crippen LogP contribution in [-0.4, -0.2) is 15.7 Å². The maximum absolute atomic E-state index is 5.62. The molecule has 0 aliphatic heterocycles. The van der Waals surface area contributed by atoms with Crippen LogP contribution in [0.25, 0.3) is 11.0 Å². The second-order valence-electron chi connectivity index (χ2n) is 4.04. The van der Waals surface area contributed by atoms with Crippen molar-refractivity contribution in [2.45, 2.75) is 26.9 Å². The Labute approximate surface area is 89.7 Å². The van der Waals surface area contributed by atoms with Crippen molar-refractivity contribution in [3.8, 4) is 5.75 Å². The van der Waals surface area contributed by atoms with Crippen LogP contribution in [0.5, 0.6) is 5.75 Å². The molecule has 80 valence electrons. The van der Waals surface area contributed by atoms with E-state index >= 15 is 0 Å². The summed E-state index contributed by atoms with van der Waals surface area (Å²) in [6, 6.07) is 6.03. The molecule has 0 spiro atoms. The maximum Gasteiger partial charge on any atom is 0.121 e. The van der Waals surface area contributed by atoms with E-state index in [2.05, 4.69) is 9.55 Å². The smallest absolute Gasteiger partial charge is 0.121 e. The Morgan fingerprint density at radius 1 is 1.33 bits per heavy atom. The van der Waals surface area contributed by atoms with Crippen molar-refractivity contribution in [1.82, 2.24) is 9.55 Å². The molecule has 0 bridgehead atoms. The molecular weight excluding hydrogens is 188 g/mol. The Balaban J connectivity index is 2.47. The summed E-state index contributed by atoms with van der Waals surface area (Å²) in [5.74, 6) is 1.90. The maximum atomic E-state index is 5.62. The third kappa shape index (κ3) is 1.82. The zero-order chi connectivity index (χ0) is 11.0. The molecule has 2 aromatic rings. The highest BCUT2D eigenvalue weighted by atomic mass is 16.5. The summed E-state index contributed by atoms with van der Waals surface area (Å²) < 4.78 is 7.70. The fraction of sp³-hybridized carbons (Fsp3) is 0.417. The highest BCUT2D eigenvalue weighted by molar-refractivity contribution is 5.77. The molecule has 1 aromatic carbocycles. The van der Waals surface area contributed by atoms with Gasteiger partial charge in [0.2, 0.25) is 0 Å². The molecule has 2 rings (SSSR count). The average Bonchev–Trinajstić information content (AvgIpc) is 2.41. The molecule has 0 fully saturated rings. The second kappa shape index (κ2) is 3.57. The monoisotopic (exact) mass is 204 g/mol. The molecule has 3 heteroatoms. The summed E-state index contributed by atoms with van der Waals surface area (Å²) in [4.78, 5) is 4.46. The van der Waals surface area contributed by atoms with Crippen LogP contribution in [-0.2, 0) is 7.05 Å². The van der Waals surface area contributed by atoms with Gasteiger partial charge >= 0.3 is 0 Å². The van der Waals surface area contributed by atoms with Gasteiger partial charge in [0.05, 0.1) is 17.1 Å². The molecule has 0 radical (unpaired) electrons. The molecule has 0 N–H and O–H groups in total. The molecule has 3 nitrogen and oxygen atoms in total. The highest BCUT2D eigenvalue weighted by Crippen LogP contribution is 2.21. The van der Waals surface area contributed by atoms with Crippen LogP contribution in [0.3, 0.4) is 0 Å². The quantitative estimate of drug-likeness (QED) is 0.752. The SMILES string of the molecule is Cc1nc2cc(OC(C)C)ccc2n1C. The van der Waals surface area contributed by atoms with Crippen molar-refractivity contribution in [3.05, 3.63) is 24.0 Å². The summed E-state index contributed by atoms with van der Waals surface area (Å²) in [5.41, 5.74) is 2.14. The van der Waals surface area contributed by atoms with E-state index in [1.807, 2.05) is 46.0 Å². The lowest BCUT2D eigenvalue weighted by Crippen LogP contribution is -2.05. The molecular formula is C12H16N2O. The number of imidazole rings is 1. The van der Waals surface area contributed by atoms with Crippen molar-refractivity contribution >= 4 is 11.0 Å². The van der Waals surface area contributed by atoms with E-state index in [1.54, 1.807) is 0 Å². The van der Waals surface area contributed by atoms with Gasteiger partial charge in [-0.3, -0.25) is 0 Å². The van der Waals surface area contributed by atoms with Crippen LogP contribution < -0.4 is 4.74 Å². The van der Waals surface area contributed by atoms with Crippen molar-refractivity contribution in [2.24, 2.45) is 7.05 Å². The van der Waals surface area contributed by atoms with Gasteiger partial charge in [0.15, 0.2) is 0 Å². The zero-order valence-electron chi connectivity index (χ0n) is 9.61. The van der Waals surface area contributed by atoms with E-state index in [9.17, 15) is 0 Å². The number of hydrogen-bond donors (Lipinski definition) is 0. The zero-order valence-corrected chi connectivity index (χ0v) is 9.61. The first-order valence-corrected chi connectivity index (χ1v) is 5.17. The van der Waals surface area contributed by atoms with Gasteiger partial charge in [0.1, 0.15) is 11.6 Å². The number of rotatable bonds is 2. The van der Waals surface area contributed by atoms with Crippen molar-refractivity contribution < 1.29 is 4.74 Å². The van der Waals surface area contributed by atoms with Gasteiger partial charge in [-0.2, -0.15) is 0 Å². The van der Waals surface area contributed by atoms with Crippen molar-refractivity contribution in [3.63, 3.8) is 0 Å². The predicted molar refractivity (Wildman–Crippen MR) is 61.2 cm³/mol. The van der Waals surface area contributed by atoms with Gasteiger partial charge in [-0.05, 0) is 32.9 Å². The van der Waals surface area contributed by atoms with Gasteiger partial charge in [-0.1, -0.05) is 0 Å². The fourth-order valence-corrected chi connectivity index (χ4v) is 1.65. The van der Waals surface area contributed by atoms with Crippen LogP contribution in [0.2, 0.25) is 0 Å². The number of aromatic nitrogens is 2. The summed E-state index contributed by atoms with van der Waals surface area (Å²) in [6.45, 7) is 6.05. The minimum absolute atomic E-state index is 0.201. The Hall–Kier alpha value is -1.51. The van der Waals surface area contributed by atoms with E-state index < -0.39 is 0 Å². The third-order valence-corrected chi connectivity index (χ3v) is 2.45. The number of nitrogens with zero attached hydrogens (tertiary/aromatic N) is 2. The standard InChI is InChI=1S/C12H16N2O/c1-8(2)15-10-5-6-12-11(7-10)13-9(3)14(12)4/h5-8H,1-4H3. The predicted octanol–water partition coefficient (Wildman–Crippen LogP) is 2.67. The van der Waals surface area contributed by atoms with E-state index in [0.717, 1.165) is 22.6 Å². The molecule has 0 saturated heterocycles. The molecule has 0 unspecified atom stereocenters. The first kappa shape index (κ1) is 10.0. The Kier molecular flexibility index (Phi) is 2.39. The van der Waals surface area contributed by atoms with Gasteiger partial charge in [0, 0.05) is 13.1 Å². The molecule has 0 atom stereocenters. The first-order chi connectivity index (χ1) is 7.08. The molecule has 0 saturated carbocycles. The lowest BCUT2D eigenvalue weighted by atomic mass is 10.3. The largest absolute Gasteiger partial charge is 0.491 e. The summed E-state index contributed by atoms with van der Waals surface area (Å²) in [5, 5.41) is 0. The average molecular weight is 204 g/mol. The van der Waals surface area contributed by atoms with Gasteiger partial charge in [0.25, 0.3) is 0 Å². The number of benzene rings is 1. The Morgan fingerprint density at radius 3 is 2.73 bits per heavy atom. The lowest BCUT2D eigenvalue weighted by Gasteiger charge is -2.09. The molecule has 15 heavy (non-hydrogen) atoms. The minimum atomic E-state index is 0.201. The fourth-order valence-electron chi connectivity index (χ4n) is 1.65. The Morgan fingerprint density at radius 2 is 2.07 bits per heavy atom. The summed E-state index contributed by atoms with van der Waals surface area (Å²) >= 11 is 0. The van der Waals surface area contributed by atoms with Crippen molar-refractivity contribution in [1.29, 1.82) is 0 Å². The molecule has 1 aromatic heterocycles. The van der Waals surface area contributed by atoms with Crippen LogP contribution in [0, 0.1) is 6.92 Å². The van der Waals surface area contributed by atoms with E-state index in [1.165, 1.54) is 0 Å². The highest BCUT2D eigenvalue weighted by Gasteiger charge is 2.05. The van der Waals surface area contributed by atoms with Crippen LogP contribution >= 0.6 is 0 Å². The summed E-state index contributed by atoms with van der Waals surface area (Å²) in [7, 11) is 2.02. The van der Waals surface area contributed by atoms with E-state index in [0.29, 0.717) is 0 Å². The third-order valence-electron chi connectivity index (χ3n) is 2.45. The molecule has 0 amide bonds. The lowest BCUT2D eigenvalue weighted by molar-refractivity contribution is 0.242. The van der Waals surface area contributed by atoms with Gasteiger partial charge < -0.3 is 9.30 Å². The second-order valence-corrected chi connectivity index (χ2v) is 4.04. The van der Waals surface area contributed by atoms with Gasteiger partial charge in [-0.25, -0.2) is 4.98 Å². The number of ether oxygens (including phenoxy) is 1. The van der Waals surface area contributed by atoms with E-state index in [4.69, 9.17) is 4.74 Å². The molecule has 0 aliphatic carbocycles. The van der Waals surface area contributed by atoms with Crippen molar-refractivity contribution in [2.75, 3.05) is 0 Å². The molecule has 0 aliphatic rings. The first-order valence-electron chi connectivity index (χ1n) is 5.17. The minimum Gasteiger partial charge on any atom is -0.491 e. The van der Waals surface area contributed by atoms with E-state index in [-0.39, 0.29) is 6.10 Å². The van der Waals surface area contributed by atoms with Crippen LogP contribution in [0.15, 0.2) is 18.2 Å².